The van der Waals surface area contributed by atoms with Crippen LogP contribution >= 0.6 is 0 Å². The summed E-state index contributed by atoms with van der Waals surface area (Å²) in [5.74, 6) is -1.48. The summed E-state index contributed by atoms with van der Waals surface area (Å²) in [7, 11) is 0. The smallest absolute Gasteiger partial charge is 0.326 e. The number of carbonyl (C=O) groups excluding carboxylic acids is 2. The van der Waals surface area contributed by atoms with Crippen LogP contribution in [0.25, 0.3) is 0 Å². The van der Waals surface area contributed by atoms with Crippen LogP contribution in [0.2, 0.25) is 0 Å². The minimum atomic E-state index is -1.27. The molecule has 0 aromatic heterocycles. The second-order valence-corrected chi connectivity index (χ2v) is 5.07. The molecule has 0 radical (unpaired) electrons. The van der Waals surface area contributed by atoms with E-state index in [0.29, 0.717) is 5.56 Å². The summed E-state index contributed by atoms with van der Waals surface area (Å²) >= 11 is 0. The Morgan fingerprint density at radius 1 is 1.24 bits per heavy atom. The van der Waals surface area contributed by atoms with Gasteiger partial charge in [-0.1, -0.05) is 36.3 Å². The first-order valence-electron chi connectivity index (χ1n) is 6.50. The molecule has 5 nitrogen and oxygen atoms in total. The predicted octanol–water partition coefficient (Wildman–Crippen LogP) is 1.83. The van der Waals surface area contributed by atoms with Gasteiger partial charge < -0.3 is 14.2 Å². The Balaban J connectivity index is 2.31. The minimum absolute atomic E-state index is 0.0278. The van der Waals surface area contributed by atoms with Crippen LogP contribution in [0.3, 0.4) is 0 Å². The fraction of sp³-hybridized carbons (Fsp3) is 0.375. The zero-order chi connectivity index (χ0) is 15.5. The van der Waals surface area contributed by atoms with Crippen LogP contribution in [-0.4, -0.2) is 24.3 Å². The quantitative estimate of drug-likeness (QED) is 0.480. The van der Waals surface area contributed by atoms with E-state index in [4.69, 9.17) is 20.6 Å². The van der Waals surface area contributed by atoms with Crippen LogP contribution in [0.1, 0.15) is 25.5 Å². The molecule has 0 bridgehead atoms. The fourth-order valence-electron chi connectivity index (χ4n) is 2.14. The Hall–Kier alpha value is -2.32. The van der Waals surface area contributed by atoms with Gasteiger partial charge in [-0.15, -0.1) is 6.42 Å². The highest BCUT2D eigenvalue weighted by Gasteiger charge is 2.48. The third-order valence-electron chi connectivity index (χ3n) is 2.98. The summed E-state index contributed by atoms with van der Waals surface area (Å²) in [4.78, 5) is 24.3. The number of benzene rings is 1. The van der Waals surface area contributed by atoms with Crippen molar-refractivity contribution in [3.63, 3.8) is 0 Å². The SMILES string of the molecule is C#CCOC(c1ccccc1)C1C(=O)OC(C)(C)OC1=O. The van der Waals surface area contributed by atoms with Crippen molar-refractivity contribution >= 4 is 11.9 Å². The summed E-state index contributed by atoms with van der Waals surface area (Å²) in [6.45, 7) is 2.97. The molecule has 1 fully saturated rings. The van der Waals surface area contributed by atoms with E-state index in [2.05, 4.69) is 5.92 Å². The number of terminal acetylenes is 1. The second kappa shape index (κ2) is 5.98. The largest absolute Gasteiger partial charge is 0.422 e. The average Bonchev–Trinajstić information content (AvgIpc) is 2.41. The topological polar surface area (TPSA) is 61.8 Å². The zero-order valence-electron chi connectivity index (χ0n) is 11.9. The fourth-order valence-corrected chi connectivity index (χ4v) is 2.14. The first-order valence-corrected chi connectivity index (χ1v) is 6.50. The van der Waals surface area contributed by atoms with Crippen LogP contribution < -0.4 is 0 Å². The molecule has 0 saturated carbocycles. The van der Waals surface area contributed by atoms with Crippen molar-refractivity contribution in [3.8, 4) is 12.3 Å². The van der Waals surface area contributed by atoms with Gasteiger partial charge in [-0.25, -0.2) is 0 Å². The van der Waals surface area contributed by atoms with Gasteiger partial charge in [0.1, 0.15) is 12.7 Å². The monoisotopic (exact) mass is 288 g/mol. The van der Waals surface area contributed by atoms with Crippen LogP contribution in [0, 0.1) is 18.3 Å². The molecule has 0 aliphatic carbocycles. The van der Waals surface area contributed by atoms with Crippen molar-refractivity contribution in [2.45, 2.75) is 25.7 Å². The second-order valence-electron chi connectivity index (χ2n) is 5.07. The van der Waals surface area contributed by atoms with Crippen LogP contribution in [0.4, 0.5) is 0 Å². The molecule has 1 aromatic rings. The molecule has 1 aliphatic heterocycles. The summed E-state index contributed by atoms with van der Waals surface area (Å²) < 4.78 is 15.7. The normalized spacial score (nSPS) is 19.3. The van der Waals surface area contributed by atoms with E-state index >= 15 is 0 Å². The van der Waals surface area contributed by atoms with Crippen molar-refractivity contribution in [3.05, 3.63) is 35.9 Å². The molecule has 5 heteroatoms. The molecule has 1 saturated heterocycles. The Kier molecular flexibility index (Phi) is 4.29. The number of hydrogen-bond acceptors (Lipinski definition) is 5. The summed E-state index contributed by atoms with van der Waals surface area (Å²) in [6, 6.07) is 8.89. The van der Waals surface area contributed by atoms with E-state index < -0.39 is 29.7 Å². The molecule has 1 atom stereocenters. The Morgan fingerprint density at radius 3 is 2.33 bits per heavy atom. The van der Waals surface area contributed by atoms with E-state index in [9.17, 15) is 9.59 Å². The minimum Gasteiger partial charge on any atom is -0.422 e. The van der Waals surface area contributed by atoms with E-state index in [1.165, 1.54) is 13.8 Å². The highest BCUT2D eigenvalue weighted by molar-refractivity contribution is 5.97. The number of esters is 2. The van der Waals surface area contributed by atoms with Gasteiger partial charge in [-0.05, 0) is 5.56 Å². The highest BCUT2D eigenvalue weighted by Crippen LogP contribution is 2.34. The van der Waals surface area contributed by atoms with Gasteiger partial charge in [0, 0.05) is 13.8 Å². The van der Waals surface area contributed by atoms with Gasteiger partial charge in [0.2, 0.25) is 0 Å². The maximum absolute atomic E-state index is 12.1. The predicted molar refractivity (Wildman–Crippen MR) is 73.7 cm³/mol. The van der Waals surface area contributed by atoms with Crippen molar-refractivity contribution in [1.29, 1.82) is 0 Å². The van der Waals surface area contributed by atoms with Crippen molar-refractivity contribution in [2.24, 2.45) is 5.92 Å². The molecular weight excluding hydrogens is 272 g/mol. The summed E-state index contributed by atoms with van der Waals surface area (Å²) in [6.07, 6.45) is 4.35. The third-order valence-corrected chi connectivity index (χ3v) is 2.98. The number of rotatable bonds is 4. The third kappa shape index (κ3) is 3.41. The van der Waals surface area contributed by atoms with Gasteiger partial charge in [-0.2, -0.15) is 0 Å². The van der Waals surface area contributed by atoms with Crippen molar-refractivity contribution in [1.82, 2.24) is 0 Å². The molecule has 1 aliphatic rings. The maximum atomic E-state index is 12.1. The number of cyclic esters (lactones) is 2. The summed E-state index contributed by atoms with van der Waals surface area (Å²) in [5.41, 5.74) is 0.659. The molecule has 21 heavy (non-hydrogen) atoms. The van der Waals surface area contributed by atoms with Crippen LogP contribution in [0.15, 0.2) is 30.3 Å². The average molecular weight is 288 g/mol. The molecule has 1 heterocycles. The van der Waals surface area contributed by atoms with E-state index in [1.807, 2.05) is 6.07 Å². The standard InChI is InChI=1S/C16H16O5/c1-4-10-19-13(11-8-6-5-7-9-11)12-14(17)20-16(2,3)21-15(12)18/h1,5-9,12-13H,10H2,2-3H3. The zero-order valence-corrected chi connectivity index (χ0v) is 11.9. The first-order chi connectivity index (χ1) is 9.94. The van der Waals surface area contributed by atoms with E-state index in [-0.39, 0.29) is 6.61 Å². The molecule has 2 rings (SSSR count). The van der Waals surface area contributed by atoms with Gasteiger partial charge in [-0.3, -0.25) is 9.59 Å². The van der Waals surface area contributed by atoms with E-state index in [1.54, 1.807) is 24.3 Å². The lowest BCUT2D eigenvalue weighted by Crippen LogP contribution is -2.48. The van der Waals surface area contributed by atoms with Gasteiger partial charge in [0.15, 0.2) is 5.92 Å². The maximum Gasteiger partial charge on any atom is 0.326 e. The van der Waals surface area contributed by atoms with E-state index in [0.717, 1.165) is 0 Å². The Bertz CT molecular complexity index is 550. The van der Waals surface area contributed by atoms with Gasteiger partial charge >= 0.3 is 11.9 Å². The van der Waals surface area contributed by atoms with Crippen molar-refractivity contribution in [2.75, 3.05) is 6.61 Å². The molecule has 1 aromatic carbocycles. The Morgan fingerprint density at radius 2 is 1.81 bits per heavy atom. The molecule has 0 N–H and O–H groups in total. The van der Waals surface area contributed by atoms with Gasteiger partial charge in [0.05, 0.1) is 0 Å². The molecule has 0 spiro atoms. The Labute approximate surface area is 123 Å². The molecular formula is C16H16O5. The van der Waals surface area contributed by atoms with Crippen LogP contribution in [0.5, 0.6) is 0 Å². The summed E-state index contributed by atoms with van der Waals surface area (Å²) in [5, 5.41) is 0. The van der Waals surface area contributed by atoms with Crippen molar-refractivity contribution < 1.29 is 23.8 Å². The lowest BCUT2D eigenvalue weighted by molar-refractivity contribution is -0.246. The lowest BCUT2D eigenvalue weighted by Gasteiger charge is -2.35. The lowest BCUT2D eigenvalue weighted by atomic mass is 9.94. The first kappa shape index (κ1) is 15.1. The molecule has 110 valence electrons. The number of ether oxygens (including phenoxy) is 3. The number of carbonyl (C=O) groups is 2. The van der Waals surface area contributed by atoms with Gasteiger partial charge in [0.25, 0.3) is 5.79 Å². The molecule has 1 unspecified atom stereocenters. The molecule has 0 amide bonds. The highest BCUT2D eigenvalue weighted by atomic mass is 16.7. The van der Waals surface area contributed by atoms with Crippen LogP contribution in [-0.2, 0) is 23.8 Å². The number of hydrogen-bond donors (Lipinski definition) is 0.